The molecule has 3 nitrogen and oxygen atoms in total. The highest BCUT2D eigenvalue weighted by Crippen LogP contribution is 2.27. The number of thioether (sulfide) groups is 1. The fraction of sp³-hybridized carbons (Fsp3) is 0.647. The third kappa shape index (κ3) is 4.38. The Hall–Kier alpha value is -0.710. The zero-order valence-corrected chi connectivity index (χ0v) is 13.3. The summed E-state index contributed by atoms with van der Waals surface area (Å²) in [5.74, 6) is 2.91. The number of nitrogens with one attached hydrogen (secondary N) is 1. The van der Waals surface area contributed by atoms with Gasteiger partial charge in [-0.3, -0.25) is 0 Å². The van der Waals surface area contributed by atoms with Crippen LogP contribution in [0.5, 0.6) is 5.75 Å². The van der Waals surface area contributed by atoms with Gasteiger partial charge in [0.05, 0.1) is 11.7 Å². The molecule has 0 aromatic heterocycles. The Morgan fingerprint density at radius 1 is 1.33 bits per heavy atom. The zero-order chi connectivity index (χ0) is 14.5. The molecule has 1 heterocycles. The van der Waals surface area contributed by atoms with Crippen molar-refractivity contribution in [2.24, 2.45) is 0 Å². The van der Waals surface area contributed by atoms with Crippen molar-refractivity contribution >= 4 is 11.8 Å². The highest BCUT2D eigenvalue weighted by molar-refractivity contribution is 7.99. The lowest BCUT2D eigenvalue weighted by atomic mass is 10.0. The summed E-state index contributed by atoms with van der Waals surface area (Å²) in [4.78, 5) is 0. The summed E-state index contributed by atoms with van der Waals surface area (Å²) in [6.07, 6.45) is 6.27. The molecule has 4 heteroatoms. The second-order valence-electron chi connectivity index (χ2n) is 6.30. The Morgan fingerprint density at radius 2 is 2.19 bits per heavy atom. The van der Waals surface area contributed by atoms with Crippen molar-refractivity contribution in [1.29, 1.82) is 0 Å². The van der Waals surface area contributed by atoms with E-state index in [9.17, 15) is 5.11 Å². The average molecular weight is 307 g/mol. The van der Waals surface area contributed by atoms with Crippen molar-refractivity contribution in [3.8, 4) is 5.75 Å². The Morgan fingerprint density at radius 3 is 2.95 bits per heavy atom. The van der Waals surface area contributed by atoms with Crippen LogP contribution < -0.4 is 10.1 Å². The Balaban J connectivity index is 1.48. The van der Waals surface area contributed by atoms with Crippen molar-refractivity contribution in [2.75, 3.05) is 18.1 Å². The summed E-state index contributed by atoms with van der Waals surface area (Å²) < 4.78 is 6.04. The number of aliphatic hydroxyl groups is 1. The number of rotatable bonds is 6. The maximum atomic E-state index is 10.3. The maximum absolute atomic E-state index is 10.3. The minimum Gasteiger partial charge on any atom is -0.490 e. The van der Waals surface area contributed by atoms with Crippen LogP contribution in [0.2, 0.25) is 0 Å². The van der Waals surface area contributed by atoms with E-state index in [1.54, 1.807) is 0 Å². The third-order valence-corrected chi connectivity index (χ3v) is 5.60. The summed E-state index contributed by atoms with van der Waals surface area (Å²) in [5, 5.41) is 13.7. The quantitative estimate of drug-likeness (QED) is 0.848. The minimum atomic E-state index is -0.511. The normalized spacial score (nSPS) is 26.3. The highest BCUT2D eigenvalue weighted by Gasteiger charge is 2.30. The largest absolute Gasteiger partial charge is 0.490 e. The van der Waals surface area contributed by atoms with Gasteiger partial charge >= 0.3 is 0 Å². The van der Waals surface area contributed by atoms with E-state index in [1.165, 1.54) is 31.2 Å². The molecule has 2 N–H and O–H groups in total. The summed E-state index contributed by atoms with van der Waals surface area (Å²) in [6.45, 7) is 1.46. The minimum absolute atomic E-state index is 0.407. The van der Waals surface area contributed by atoms with Crippen LogP contribution in [-0.4, -0.2) is 34.9 Å². The highest BCUT2D eigenvalue weighted by atomic mass is 32.2. The topological polar surface area (TPSA) is 41.5 Å². The van der Waals surface area contributed by atoms with Gasteiger partial charge in [-0.15, -0.1) is 0 Å². The standard InChI is InChI=1S/C17H25NO2S/c19-17(8-9-21-13-17)12-18-11-14-4-3-7-16(10-14)20-15-5-1-2-6-15/h3-4,7,10,15,18-19H,1-2,5-6,8-9,11-13H2. The summed E-state index contributed by atoms with van der Waals surface area (Å²) in [5.41, 5.74) is 0.711. The molecule has 2 aliphatic rings. The van der Waals surface area contributed by atoms with Crippen molar-refractivity contribution < 1.29 is 9.84 Å². The molecular weight excluding hydrogens is 282 g/mol. The number of hydrogen-bond acceptors (Lipinski definition) is 4. The maximum Gasteiger partial charge on any atom is 0.120 e. The van der Waals surface area contributed by atoms with E-state index in [1.807, 2.05) is 17.8 Å². The van der Waals surface area contributed by atoms with Gasteiger partial charge < -0.3 is 15.2 Å². The molecule has 3 rings (SSSR count). The smallest absolute Gasteiger partial charge is 0.120 e. The molecule has 1 aliphatic heterocycles. The molecule has 0 bridgehead atoms. The molecule has 1 atom stereocenters. The molecule has 1 aliphatic carbocycles. The van der Waals surface area contributed by atoms with Crippen molar-refractivity contribution in [3.63, 3.8) is 0 Å². The summed E-state index contributed by atoms with van der Waals surface area (Å²) >= 11 is 1.84. The average Bonchev–Trinajstić information content (AvgIpc) is 3.12. The molecule has 1 saturated heterocycles. The first-order valence-electron chi connectivity index (χ1n) is 8.00. The van der Waals surface area contributed by atoms with E-state index in [0.29, 0.717) is 12.6 Å². The van der Waals surface area contributed by atoms with Gasteiger partial charge in [0, 0.05) is 18.8 Å². The van der Waals surface area contributed by atoms with Gasteiger partial charge in [-0.2, -0.15) is 11.8 Å². The van der Waals surface area contributed by atoms with Gasteiger partial charge in [-0.25, -0.2) is 0 Å². The van der Waals surface area contributed by atoms with Crippen molar-refractivity contribution in [2.45, 2.75) is 50.4 Å². The van der Waals surface area contributed by atoms with Crippen LogP contribution in [0.4, 0.5) is 0 Å². The van der Waals surface area contributed by atoms with Gasteiger partial charge in [0.15, 0.2) is 0 Å². The predicted octanol–water partition coefficient (Wildman–Crippen LogP) is 2.97. The summed E-state index contributed by atoms with van der Waals surface area (Å²) in [7, 11) is 0. The van der Waals surface area contributed by atoms with Crippen molar-refractivity contribution in [3.05, 3.63) is 29.8 Å². The molecular formula is C17H25NO2S. The Labute approximate surface area is 131 Å². The predicted molar refractivity (Wildman–Crippen MR) is 87.9 cm³/mol. The SMILES string of the molecule is OC1(CNCc2cccc(OC3CCCC3)c2)CCSC1. The molecule has 1 aromatic rings. The van der Waals surface area contributed by atoms with E-state index in [-0.39, 0.29) is 0 Å². The first-order valence-corrected chi connectivity index (χ1v) is 9.15. The third-order valence-electron chi connectivity index (χ3n) is 4.37. The lowest BCUT2D eigenvalue weighted by Gasteiger charge is -2.21. The molecule has 116 valence electrons. The lowest BCUT2D eigenvalue weighted by Crippen LogP contribution is -2.40. The van der Waals surface area contributed by atoms with Crippen LogP contribution in [0.25, 0.3) is 0 Å². The van der Waals surface area contributed by atoms with Crippen LogP contribution in [0, 0.1) is 0 Å². The summed E-state index contributed by atoms with van der Waals surface area (Å²) in [6, 6.07) is 8.34. The fourth-order valence-corrected chi connectivity index (χ4v) is 4.40. The lowest BCUT2D eigenvalue weighted by molar-refractivity contribution is 0.0674. The van der Waals surface area contributed by atoms with E-state index < -0.39 is 5.60 Å². The van der Waals surface area contributed by atoms with Crippen LogP contribution >= 0.6 is 11.8 Å². The molecule has 0 radical (unpaired) electrons. The molecule has 21 heavy (non-hydrogen) atoms. The Kier molecular flexibility index (Phi) is 5.09. The molecule has 2 fully saturated rings. The van der Waals surface area contributed by atoms with Crippen LogP contribution in [0.3, 0.4) is 0 Å². The number of benzene rings is 1. The van der Waals surface area contributed by atoms with E-state index >= 15 is 0 Å². The van der Waals surface area contributed by atoms with E-state index in [0.717, 1.165) is 30.2 Å². The van der Waals surface area contributed by atoms with Gasteiger partial charge in [0.1, 0.15) is 5.75 Å². The molecule has 0 amide bonds. The Bertz CT molecular complexity index is 454. The van der Waals surface area contributed by atoms with Crippen molar-refractivity contribution in [1.82, 2.24) is 5.32 Å². The van der Waals surface area contributed by atoms with Gasteiger partial charge in [-0.05, 0) is 55.6 Å². The van der Waals surface area contributed by atoms with E-state index in [2.05, 4.69) is 23.5 Å². The van der Waals surface area contributed by atoms with Crippen LogP contribution in [-0.2, 0) is 6.54 Å². The first-order chi connectivity index (χ1) is 10.2. The molecule has 1 aromatic carbocycles. The van der Waals surface area contributed by atoms with Gasteiger partial charge in [-0.1, -0.05) is 12.1 Å². The monoisotopic (exact) mass is 307 g/mol. The van der Waals surface area contributed by atoms with E-state index in [4.69, 9.17) is 4.74 Å². The number of ether oxygens (including phenoxy) is 1. The second kappa shape index (κ2) is 7.03. The van der Waals surface area contributed by atoms with Crippen LogP contribution in [0.15, 0.2) is 24.3 Å². The molecule has 1 saturated carbocycles. The van der Waals surface area contributed by atoms with Gasteiger partial charge in [0.25, 0.3) is 0 Å². The fourth-order valence-electron chi connectivity index (χ4n) is 3.10. The molecule has 0 spiro atoms. The van der Waals surface area contributed by atoms with Crippen LogP contribution in [0.1, 0.15) is 37.7 Å². The first kappa shape index (κ1) is 15.2. The zero-order valence-electron chi connectivity index (χ0n) is 12.5. The second-order valence-corrected chi connectivity index (χ2v) is 7.41. The number of hydrogen-bond donors (Lipinski definition) is 2. The van der Waals surface area contributed by atoms with Gasteiger partial charge in [0.2, 0.25) is 0 Å². The molecule has 1 unspecified atom stereocenters.